The zero-order valence-electron chi connectivity index (χ0n) is 10.7. The number of rotatable bonds is 5. The number of hydrogen-bond donors (Lipinski definition) is 0. The molecular weight excluding hydrogens is 204 g/mol. The van der Waals surface area contributed by atoms with Crippen LogP contribution in [0.4, 0.5) is 0 Å². The summed E-state index contributed by atoms with van der Waals surface area (Å²) in [5, 5.41) is 0. The average Bonchev–Trinajstić information content (AvgIpc) is 2.20. The number of hydrogen-bond acceptors (Lipinski definition) is 3. The van der Waals surface area contributed by atoms with E-state index in [1.165, 1.54) is 0 Å². The Bertz CT molecular complexity index is 281. The van der Waals surface area contributed by atoms with E-state index in [1.54, 1.807) is 13.8 Å². The van der Waals surface area contributed by atoms with Crippen LogP contribution in [0.15, 0.2) is 0 Å². The van der Waals surface area contributed by atoms with E-state index in [4.69, 9.17) is 4.74 Å². The van der Waals surface area contributed by atoms with Gasteiger partial charge in [0.1, 0.15) is 5.78 Å². The molecule has 0 aliphatic heterocycles. The zero-order chi connectivity index (χ0) is 12.3. The van der Waals surface area contributed by atoms with E-state index in [1.807, 2.05) is 0 Å². The second-order valence-electron chi connectivity index (χ2n) is 5.28. The predicted octanol–water partition coefficient (Wildman–Crippen LogP) is 2.58. The summed E-state index contributed by atoms with van der Waals surface area (Å²) in [5.41, 5.74) is 0.0739. The van der Waals surface area contributed by atoms with Crippen molar-refractivity contribution >= 4 is 11.8 Å². The minimum absolute atomic E-state index is 0.0739. The van der Waals surface area contributed by atoms with Gasteiger partial charge in [0.25, 0.3) is 0 Å². The zero-order valence-corrected chi connectivity index (χ0v) is 10.7. The average molecular weight is 226 g/mol. The Kier molecular flexibility index (Phi) is 4.11. The summed E-state index contributed by atoms with van der Waals surface area (Å²) in [7, 11) is 0. The summed E-state index contributed by atoms with van der Waals surface area (Å²) < 4.78 is 5.06. The standard InChI is InChI=1S/C13H22O3/c1-5-12(15)16-7-6-10-8-11(9(2)14)13(10,3)4/h10-11H,5-8H2,1-4H3/t10-,11-/m1/s1. The van der Waals surface area contributed by atoms with Gasteiger partial charge in [-0.2, -0.15) is 0 Å². The number of carbonyl (C=O) groups is 2. The van der Waals surface area contributed by atoms with Crippen molar-refractivity contribution in [1.82, 2.24) is 0 Å². The molecule has 0 aromatic carbocycles. The van der Waals surface area contributed by atoms with Crippen LogP contribution in [0.3, 0.4) is 0 Å². The lowest BCUT2D eigenvalue weighted by Gasteiger charge is -2.51. The van der Waals surface area contributed by atoms with Gasteiger partial charge in [-0.3, -0.25) is 9.59 Å². The summed E-state index contributed by atoms with van der Waals surface area (Å²) in [4.78, 5) is 22.3. The van der Waals surface area contributed by atoms with Crippen LogP contribution in [0, 0.1) is 17.3 Å². The fourth-order valence-electron chi connectivity index (χ4n) is 2.61. The molecule has 1 fully saturated rings. The molecule has 16 heavy (non-hydrogen) atoms. The first-order valence-electron chi connectivity index (χ1n) is 6.05. The van der Waals surface area contributed by atoms with Crippen molar-refractivity contribution in [1.29, 1.82) is 0 Å². The molecular formula is C13H22O3. The summed E-state index contributed by atoms with van der Waals surface area (Å²) in [6.07, 6.45) is 2.26. The van der Waals surface area contributed by atoms with Crippen molar-refractivity contribution in [3.05, 3.63) is 0 Å². The fraction of sp³-hybridized carbons (Fsp3) is 0.846. The van der Waals surface area contributed by atoms with E-state index in [9.17, 15) is 9.59 Å². The highest BCUT2D eigenvalue weighted by atomic mass is 16.5. The van der Waals surface area contributed by atoms with Gasteiger partial charge in [-0.15, -0.1) is 0 Å². The Morgan fingerprint density at radius 2 is 2.00 bits per heavy atom. The number of ketones is 1. The Morgan fingerprint density at radius 3 is 2.44 bits per heavy atom. The lowest BCUT2D eigenvalue weighted by molar-refractivity contribution is -0.147. The van der Waals surface area contributed by atoms with Gasteiger partial charge in [0.15, 0.2) is 0 Å². The number of esters is 1. The molecule has 0 aromatic heterocycles. The Balaban J connectivity index is 2.31. The van der Waals surface area contributed by atoms with Crippen molar-refractivity contribution in [2.75, 3.05) is 6.61 Å². The molecule has 1 rings (SSSR count). The van der Waals surface area contributed by atoms with E-state index < -0.39 is 0 Å². The minimum atomic E-state index is -0.139. The van der Waals surface area contributed by atoms with Gasteiger partial charge in [0, 0.05) is 12.3 Å². The third-order valence-corrected chi connectivity index (χ3v) is 3.98. The van der Waals surface area contributed by atoms with Gasteiger partial charge in [-0.25, -0.2) is 0 Å². The Morgan fingerprint density at radius 1 is 1.38 bits per heavy atom. The summed E-state index contributed by atoms with van der Waals surface area (Å²) in [5.74, 6) is 0.845. The molecule has 0 amide bonds. The molecule has 0 bridgehead atoms. The van der Waals surface area contributed by atoms with Gasteiger partial charge in [-0.1, -0.05) is 20.8 Å². The molecule has 0 radical (unpaired) electrons. The maximum Gasteiger partial charge on any atom is 0.305 e. The monoisotopic (exact) mass is 226 g/mol. The van der Waals surface area contributed by atoms with Crippen molar-refractivity contribution in [2.24, 2.45) is 17.3 Å². The molecule has 1 aliphatic carbocycles. The fourth-order valence-corrected chi connectivity index (χ4v) is 2.61. The van der Waals surface area contributed by atoms with E-state index in [2.05, 4.69) is 13.8 Å². The molecule has 0 N–H and O–H groups in total. The second-order valence-corrected chi connectivity index (χ2v) is 5.28. The molecule has 0 aromatic rings. The highest BCUT2D eigenvalue weighted by Crippen LogP contribution is 2.53. The molecule has 1 saturated carbocycles. The molecule has 2 atom stereocenters. The van der Waals surface area contributed by atoms with Crippen LogP contribution in [-0.4, -0.2) is 18.4 Å². The van der Waals surface area contributed by atoms with E-state index in [0.717, 1.165) is 12.8 Å². The summed E-state index contributed by atoms with van der Waals surface area (Å²) >= 11 is 0. The first-order chi connectivity index (χ1) is 7.39. The number of ether oxygens (including phenoxy) is 1. The topological polar surface area (TPSA) is 43.4 Å². The third kappa shape index (κ3) is 2.63. The molecule has 92 valence electrons. The van der Waals surface area contributed by atoms with Crippen molar-refractivity contribution in [2.45, 2.75) is 47.0 Å². The number of Topliss-reactive ketones (excluding diaryl/α,β-unsaturated/α-hetero) is 1. The Labute approximate surface area is 97.5 Å². The maximum absolute atomic E-state index is 11.3. The SMILES string of the molecule is CCC(=O)OCC[C@@H]1C[C@H](C(C)=O)C1(C)C. The lowest BCUT2D eigenvalue weighted by atomic mass is 9.53. The lowest BCUT2D eigenvalue weighted by Crippen LogP contribution is -2.48. The van der Waals surface area contributed by atoms with Crippen LogP contribution in [0.25, 0.3) is 0 Å². The van der Waals surface area contributed by atoms with Gasteiger partial charge < -0.3 is 4.74 Å². The van der Waals surface area contributed by atoms with Crippen molar-refractivity contribution in [3.63, 3.8) is 0 Å². The minimum Gasteiger partial charge on any atom is -0.466 e. The predicted molar refractivity (Wildman–Crippen MR) is 61.9 cm³/mol. The summed E-state index contributed by atoms with van der Waals surface area (Å²) in [6, 6.07) is 0. The molecule has 1 aliphatic rings. The van der Waals surface area contributed by atoms with E-state index in [-0.39, 0.29) is 23.1 Å². The highest BCUT2D eigenvalue weighted by molar-refractivity contribution is 5.80. The van der Waals surface area contributed by atoms with E-state index in [0.29, 0.717) is 18.9 Å². The van der Waals surface area contributed by atoms with Gasteiger partial charge in [0.05, 0.1) is 6.61 Å². The molecule has 3 nitrogen and oxygen atoms in total. The van der Waals surface area contributed by atoms with Crippen LogP contribution in [0.5, 0.6) is 0 Å². The maximum atomic E-state index is 11.3. The highest BCUT2D eigenvalue weighted by Gasteiger charge is 2.49. The van der Waals surface area contributed by atoms with Gasteiger partial charge in [-0.05, 0) is 31.1 Å². The van der Waals surface area contributed by atoms with Crippen molar-refractivity contribution in [3.8, 4) is 0 Å². The molecule has 0 unspecified atom stereocenters. The molecule has 0 saturated heterocycles. The van der Waals surface area contributed by atoms with Crippen molar-refractivity contribution < 1.29 is 14.3 Å². The smallest absolute Gasteiger partial charge is 0.305 e. The van der Waals surface area contributed by atoms with Crippen LogP contribution >= 0.6 is 0 Å². The summed E-state index contributed by atoms with van der Waals surface area (Å²) in [6.45, 7) is 8.22. The second kappa shape index (κ2) is 4.98. The molecule has 0 heterocycles. The van der Waals surface area contributed by atoms with Gasteiger partial charge in [0.2, 0.25) is 0 Å². The number of carbonyl (C=O) groups excluding carboxylic acids is 2. The van der Waals surface area contributed by atoms with E-state index >= 15 is 0 Å². The van der Waals surface area contributed by atoms with Gasteiger partial charge >= 0.3 is 5.97 Å². The largest absolute Gasteiger partial charge is 0.466 e. The van der Waals surface area contributed by atoms with Crippen LogP contribution in [-0.2, 0) is 14.3 Å². The normalized spacial score (nSPS) is 27.0. The van der Waals surface area contributed by atoms with Crippen LogP contribution in [0.2, 0.25) is 0 Å². The first kappa shape index (κ1) is 13.2. The molecule has 3 heteroatoms. The van der Waals surface area contributed by atoms with Crippen LogP contribution in [0.1, 0.15) is 47.0 Å². The molecule has 0 spiro atoms. The first-order valence-corrected chi connectivity index (χ1v) is 6.05. The quantitative estimate of drug-likeness (QED) is 0.677. The third-order valence-electron chi connectivity index (χ3n) is 3.98. The van der Waals surface area contributed by atoms with Crippen LogP contribution < -0.4 is 0 Å². The Hall–Kier alpha value is -0.860.